The Balaban J connectivity index is 3.02. The monoisotopic (exact) mass is 282 g/mol. The zero-order valence-electron chi connectivity index (χ0n) is 12.7. The van der Waals surface area contributed by atoms with Gasteiger partial charge in [-0.3, -0.25) is 4.79 Å². The molecule has 20 heavy (non-hydrogen) atoms. The van der Waals surface area contributed by atoms with Crippen LogP contribution in [0.1, 0.15) is 55.4 Å². The van der Waals surface area contributed by atoms with E-state index in [1.165, 1.54) is 7.11 Å². The van der Waals surface area contributed by atoms with Gasteiger partial charge in [0.2, 0.25) is 0 Å². The summed E-state index contributed by atoms with van der Waals surface area (Å²) >= 11 is 0. The summed E-state index contributed by atoms with van der Waals surface area (Å²) in [4.78, 5) is 24.3. The molecule has 1 unspecified atom stereocenters. The Bertz CT molecular complexity index is 495. The molecule has 0 radical (unpaired) electrons. The van der Waals surface area contributed by atoms with E-state index in [9.17, 15) is 9.59 Å². The van der Waals surface area contributed by atoms with E-state index in [2.05, 4.69) is 10.5 Å². The van der Waals surface area contributed by atoms with Gasteiger partial charge in [-0.2, -0.15) is 0 Å². The molecule has 6 nitrogen and oxygen atoms in total. The van der Waals surface area contributed by atoms with E-state index in [-0.39, 0.29) is 5.91 Å². The number of hydrogen-bond acceptors (Lipinski definition) is 5. The first-order valence-electron chi connectivity index (χ1n) is 6.75. The molecule has 112 valence electrons. The lowest BCUT2D eigenvalue weighted by atomic mass is 9.95. The quantitative estimate of drug-likeness (QED) is 0.807. The highest BCUT2D eigenvalue weighted by atomic mass is 16.5. The largest absolute Gasteiger partial charge is 0.467 e. The lowest BCUT2D eigenvalue weighted by molar-refractivity contribution is -0.147. The van der Waals surface area contributed by atoms with Crippen molar-refractivity contribution < 1.29 is 18.8 Å². The van der Waals surface area contributed by atoms with Crippen molar-refractivity contribution in [3.8, 4) is 0 Å². The Morgan fingerprint density at radius 1 is 1.40 bits per heavy atom. The molecule has 1 N–H and O–H groups in total. The number of carbonyl (C=O) groups is 2. The molecule has 0 saturated carbocycles. The molecule has 1 aromatic heterocycles. The van der Waals surface area contributed by atoms with Gasteiger partial charge in [-0.1, -0.05) is 25.4 Å². The van der Waals surface area contributed by atoms with Crippen molar-refractivity contribution in [3.05, 3.63) is 17.0 Å². The molecule has 0 aromatic carbocycles. The van der Waals surface area contributed by atoms with Crippen molar-refractivity contribution >= 4 is 11.9 Å². The van der Waals surface area contributed by atoms with E-state index < -0.39 is 11.5 Å². The van der Waals surface area contributed by atoms with Crippen molar-refractivity contribution in [3.63, 3.8) is 0 Å². The molecular weight excluding hydrogens is 260 g/mol. The first-order valence-corrected chi connectivity index (χ1v) is 6.75. The molecule has 1 atom stereocenters. The van der Waals surface area contributed by atoms with Crippen LogP contribution in [0.25, 0.3) is 0 Å². The lowest BCUT2D eigenvalue weighted by Crippen LogP contribution is -2.52. The molecule has 0 saturated heterocycles. The average Bonchev–Trinajstić information content (AvgIpc) is 2.79. The number of nitrogens with one attached hydrogen (secondary N) is 1. The van der Waals surface area contributed by atoms with Gasteiger partial charge in [-0.15, -0.1) is 0 Å². The Labute approximate surface area is 118 Å². The number of esters is 1. The van der Waals surface area contributed by atoms with Crippen LogP contribution in [-0.2, 0) is 16.0 Å². The standard InChI is InChI=1S/C14H22N2O4/c1-6-8-14(4,13(18)19-5)15-12(17)11-9(3)20-16-10(11)7-2/h6-8H2,1-5H3,(H,15,17). The predicted molar refractivity (Wildman–Crippen MR) is 73.4 cm³/mol. The third-order valence-corrected chi connectivity index (χ3v) is 3.27. The van der Waals surface area contributed by atoms with E-state index in [0.717, 1.165) is 6.42 Å². The molecular formula is C14H22N2O4. The van der Waals surface area contributed by atoms with Crippen molar-refractivity contribution in [2.45, 2.75) is 52.5 Å². The van der Waals surface area contributed by atoms with Crippen LogP contribution >= 0.6 is 0 Å². The summed E-state index contributed by atoms with van der Waals surface area (Å²) in [6.07, 6.45) is 1.83. The van der Waals surface area contributed by atoms with Gasteiger partial charge in [0.25, 0.3) is 5.91 Å². The number of aromatic nitrogens is 1. The first-order chi connectivity index (χ1) is 9.39. The van der Waals surface area contributed by atoms with Gasteiger partial charge in [0, 0.05) is 0 Å². The van der Waals surface area contributed by atoms with Gasteiger partial charge >= 0.3 is 5.97 Å². The highest BCUT2D eigenvalue weighted by molar-refractivity contribution is 5.99. The zero-order chi connectivity index (χ0) is 15.3. The van der Waals surface area contributed by atoms with Crippen molar-refractivity contribution in [2.75, 3.05) is 7.11 Å². The van der Waals surface area contributed by atoms with Crippen LogP contribution in [0, 0.1) is 6.92 Å². The zero-order valence-corrected chi connectivity index (χ0v) is 12.7. The Hall–Kier alpha value is -1.85. The molecule has 0 aliphatic rings. The minimum Gasteiger partial charge on any atom is -0.467 e. The Kier molecular flexibility index (Phi) is 5.30. The molecule has 1 heterocycles. The topological polar surface area (TPSA) is 81.4 Å². The van der Waals surface area contributed by atoms with Gasteiger partial charge in [0.05, 0.1) is 12.8 Å². The van der Waals surface area contributed by atoms with Crippen molar-refractivity contribution in [1.82, 2.24) is 10.5 Å². The van der Waals surface area contributed by atoms with Crippen LogP contribution in [-0.4, -0.2) is 29.7 Å². The molecule has 1 amide bonds. The van der Waals surface area contributed by atoms with E-state index >= 15 is 0 Å². The second-order valence-corrected chi connectivity index (χ2v) is 4.94. The van der Waals surface area contributed by atoms with E-state index in [1.54, 1.807) is 13.8 Å². The summed E-state index contributed by atoms with van der Waals surface area (Å²) in [5, 5.41) is 6.59. The summed E-state index contributed by atoms with van der Waals surface area (Å²) in [7, 11) is 1.31. The second kappa shape index (κ2) is 6.54. The Morgan fingerprint density at radius 2 is 2.05 bits per heavy atom. The number of hydrogen-bond donors (Lipinski definition) is 1. The molecule has 1 rings (SSSR count). The predicted octanol–water partition coefficient (Wildman–Crippen LogP) is 2.01. The van der Waals surface area contributed by atoms with E-state index in [1.807, 2.05) is 13.8 Å². The van der Waals surface area contributed by atoms with Crippen LogP contribution in [0.3, 0.4) is 0 Å². The maximum Gasteiger partial charge on any atom is 0.331 e. The maximum absolute atomic E-state index is 12.4. The number of rotatable bonds is 6. The van der Waals surface area contributed by atoms with Crippen LogP contribution in [0.15, 0.2) is 4.52 Å². The summed E-state index contributed by atoms with van der Waals surface area (Å²) in [5.41, 5.74) is -0.0579. The van der Waals surface area contributed by atoms with E-state index in [0.29, 0.717) is 29.9 Å². The fraction of sp³-hybridized carbons (Fsp3) is 0.643. The highest BCUT2D eigenvalue weighted by Crippen LogP contribution is 2.19. The minimum absolute atomic E-state index is 0.359. The SMILES string of the molecule is CCCC(C)(NC(=O)c1c(CC)noc1C)C(=O)OC. The molecule has 0 spiro atoms. The third kappa shape index (κ3) is 3.18. The van der Waals surface area contributed by atoms with Crippen LogP contribution < -0.4 is 5.32 Å². The minimum atomic E-state index is -1.05. The fourth-order valence-electron chi connectivity index (χ4n) is 2.20. The third-order valence-electron chi connectivity index (χ3n) is 3.27. The fourth-order valence-corrected chi connectivity index (χ4v) is 2.20. The average molecular weight is 282 g/mol. The molecule has 1 aromatic rings. The number of methoxy groups -OCH3 is 1. The number of nitrogens with zero attached hydrogens (tertiary/aromatic N) is 1. The molecule has 0 aliphatic heterocycles. The lowest BCUT2D eigenvalue weighted by Gasteiger charge is -2.27. The smallest absolute Gasteiger partial charge is 0.331 e. The van der Waals surface area contributed by atoms with Gasteiger partial charge in [0.15, 0.2) is 0 Å². The number of aryl methyl sites for hydroxylation is 2. The highest BCUT2D eigenvalue weighted by Gasteiger charge is 2.36. The number of ether oxygens (including phenoxy) is 1. The summed E-state index contributed by atoms with van der Waals surface area (Å²) in [5.74, 6) is -0.370. The van der Waals surface area contributed by atoms with Crippen LogP contribution in [0.4, 0.5) is 0 Å². The van der Waals surface area contributed by atoms with Crippen LogP contribution in [0.5, 0.6) is 0 Å². The molecule has 0 bridgehead atoms. The van der Waals surface area contributed by atoms with Crippen molar-refractivity contribution in [2.24, 2.45) is 0 Å². The molecule has 0 aliphatic carbocycles. The van der Waals surface area contributed by atoms with E-state index in [4.69, 9.17) is 9.26 Å². The van der Waals surface area contributed by atoms with Gasteiger partial charge in [0.1, 0.15) is 16.9 Å². The number of carbonyl (C=O) groups excluding carboxylic acids is 2. The second-order valence-electron chi connectivity index (χ2n) is 4.94. The Morgan fingerprint density at radius 3 is 2.55 bits per heavy atom. The summed E-state index contributed by atoms with van der Waals surface area (Å²) < 4.78 is 9.82. The maximum atomic E-state index is 12.4. The van der Waals surface area contributed by atoms with Gasteiger partial charge in [-0.05, 0) is 26.7 Å². The van der Waals surface area contributed by atoms with Gasteiger partial charge in [-0.25, -0.2) is 4.79 Å². The molecule has 0 fully saturated rings. The summed E-state index contributed by atoms with van der Waals surface area (Å²) in [6.45, 7) is 7.17. The normalized spacial score (nSPS) is 13.7. The van der Waals surface area contributed by atoms with Crippen LogP contribution in [0.2, 0.25) is 0 Å². The first kappa shape index (κ1) is 16.2. The van der Waals surface area contributed by atoms with Gasteiger partial charge < -0.3 is 14.6 Å². The molecule has 6 heteroatoms. The van der Waals surface area contributed by atoms with Crippen molar-refractivity contribution in [1.29, 1.82) is 0 Å². The summed E-state index contributed by atoms with van der Waals surface area (Å²) in [6, 6.07) is 0. The number of amides is 1.